The summed E-state index contributed by atoms with van der Waals surface area (Å²) >= 11 is 1.80. The van der Waals surface area contributed by atoms with Crippen LogP contribution in [0.25, 0.3) is 10.4 Å². The highest BCUT2D eigenvalue weighted by atomic mass is 32.1. The van der Waals surface area contributed by atoms with Gasteiger partial charge in [-0.25, -0.2) is 4.79 Å². The van der Waals surface area contributed by atoms with Crippen LogP contribution in [0.1, 0.15) is 31.6 Å². The molecule has 0 fully saturated rings. The molecular formula is C18H20O2S. The van der Waals surface area contributed by atoms with Crippen LogP contribution in [0.3, 0.4) is 0 Å². The Kier molecular flexibility index (Phi) is 5.76. The Bertz CT molecular complexity index is 608. The number of rotatable bonds is 6. The van der Waals surface area contributed by atoms with Gasteiger partial charge in [-0.2, -0.15) is 0 Å². The van der Waals surface area contributed by atoms with Crippen molar-refractivity contribution >= 4 is 17.3 Å². The second-order valence-corrected chi connectivity index (χ2v) is 5.92. The molecule has 1 aromatic heterocycles. The summed E-state index contributed by atoms with van der Waals surface area (Å²) in [6.45, 7) is 4.23. The summed E-state index contributed by atoms with van der Waals surface area (Å²) in [5.74, 6) is 0.262. The van der Waals surface area contributed by atoms with E-state index in [1.54, 1.807) is 11.3 Å². The average molecular weight is 300 g/mol. The van der Waals surface area contributed by atoms with Crippen LogP contribution >= 0.6 is 11.3 Å². The van der Waals surface area contributed by atoms with Gasteiger partial charge in [0.05, 0.1) is 0 Å². The predicted octanol–water partition coefficient (Wildman–Crippen LogP) is 5.24. The fourth-order valence-electron chi connectivity index (χ4n) is 1.91. The van der Waals surface area contributed by atoms with Crippen molar-refractivity contribution in [2.24, 2.45) is 0 Å². The predicted molar refractivity (Wildman–Crippen MR) is 88.8 cm³/mol. The molecule has 3 heteroatoms. The van der Waals surface area contributed by atoms with E-state index < -0.39 is 0 Å². The summed E-state index contributed by atoms with van der Waals surface area (Å²) in [6.07, 6.45) is 6.31. The van der Waals surface area contributed by atoms with Gasteiger partial charge in [0.2, 0.25) is 0 Å². The zero-order chi connectivity index (χ0) is 15.1. The van der Waals surface area contributed by atoms with Gasteiger partial charge in [0.15, 0.2) is 0 Å². The summed E-state index contributed by atoms with van der Waals surface area (Å²) in [5, 5.41) is 0. The number of ether oxygens (including phenoxy) is 1. The molecule has 0 aliphatic rings. The smallest absolute Gasteiger partial charge is 0.335 e. The maximum Gasteiger partial charge on any atom is 0.335 e. The van der Waals surface area contributed by atoms with Crippen LogP contribution in [-0.4, -0.2) is 5.97 Å². The molecule has 0 saturated carbocycles. The van der Waals surface area contributed by atoms with Crippen molar-refractivity contribution in [1.29, 1.82) is 0 Å². The average Bonchev–Trinajstić information content (AvgIpc) is 2.97. The van der Waals surface area contributed by atoms with Gasteiger partial charge < -0.3 is 4.74 Å². The highest BCUT2D eigenvalue weighted by Crippen LogP contribution is 2.29. The summed E-state index contributed by atoms with van der Waals surface area (Å²) in [5.41, 5.74) is 1.15. The minimum Gasteiger partial charge on any atom is -0.423 e. The first kappa shape index (κ1) is 15.5. The van der Waals surface area contributed by atoms with E-state index in [2.05, 4.69) is 26.0 Å². The number of esters is 1. The molecule has 2 rings (SSSR count). The van der Waals surface area contributed by atoms with Crippen LogP contribution in [0.2, 0.25) is 0 Å². The van der Waals surface area contributed by atoms with Crippen LogP contribution in [0.5, 0.6) is 5.75 Å². The van der Waals surface area contributed by atoms with Gasteiger partial charge >= 0.3 is 5.97 Å². The Morgan fingerprint density at radius 2 is 1.90 bits per heavy atom. The van der Waals surface area contributed by atoms with Crippen molar-refractivity contribution in [2.45, 2.75) is 33.1 Å². The Hall–Kier alpha value is -1.87. The van der Waals surface area contributed by atoms with Gasteiger partial charge in [0.1, 0.15) is 5.75 Å². The Morgan fingerprint density at radius 1 is 1.14 bits per heavy atom. The lowest BCUT2D eigenvalue weighted by Crippen LogP contribution is -2.03. The van der Waals surface area contributed by atoms with Crippen LogP contribution in [0.15, 0.2) is 48.6 Å². The molecule has 0 atom stereocenters. The molecule has 0 radical (unpaired) electrons. The summed E-state index contributed by atoms with van der Waals surface area (Å²) < 4.78 is 5.26. The minimum atomic E-state index is -0.319. The van der Waals surface area contributed by atoms with E-state index >= 15 is 0 Å². The van der Waals surface area contributed by atoms with Crippen molar-refractivity contribution < 1.29 is 9.53 Å². The fraction of sp³-hybridized carbons (Fsp3) is 0.278. The second kappa shape index (κ2) is 7.79. The largest absolute Gasteiger partial charge is 0.423 e. The molecule has 1 aromatic carbocycles. The first-order valence-electron chi connectivity index (χ1n) is 7.30. The third kappa shape index (κ3) is 4.57. The quantitative estimate of drug-likeness (QED) is 0.414. The number of allylic oxidation sites excluding steroid dienone is 1. The fourth-order valence-corrected chi connectivity index (χ4v) is 2.86. The molecule has 0 aliphatic carbocycles. The van der Waals surface area contributed by atoms with Gasteiger partial charge in [0, 0.05) is 15.8 Å². The molecule has 1 heterocycles. The second-order valence-electron chi connectivity index (χ2n) is 4.76. The Morgan fingerprint density at radius 3 is 2.52 bits per heavy atom. The van der Waals surface area contributed by atoms with Crippen molar-refractivity contribution in [1.82, 2.24) is 0 Å². The van der Waals surface area contributed by atoms with Crippen LogP contribution in [0.4, 0.5) is 0 Å². The third-order valence-electron chi connectivity index (χ3n) is 3.08. The third-order valence-corrected chi connectivity index (χ3v) is 4.36. The Labute approximate surface area is 130 Å². The van der Waals surface area contributed by atoms with Crippen LogP contribution < -0.4 is 4.74 Å². The maximum atomic E-state index is 11.6. The number of hydrogen-bond donors (Lipinski definition) is 0. The minimum absolute atomic E-state index is 0.319. The normalized spacial score (nSPS) is 11.0. The standard InChI is InChI=1S/C18H20O2S/c1-3-5-6-7-18(19)20-15-10-8-14(9-11-15)17-13-12-16(4-2)21-17/h6-13H,3-5H2,1-2H3. The highest BCUT2D eigenvalue weighted by Gasteiger charge is 2.04. The van der Waals surface area contributed by atoms with E-state index in [9.17, 15) is 4.79 Å². The molecule has 0 spiro atoms. The first-order chi connectivity index (χ1) is 10.2. The van der Waals surface area contributed by atoms with Gasteiger partial charge in [-0.1, -0.05) is 26.3 Å². The van der Waals surface area contributed by atoms with Crippen LogP contribution in [-0.2, 0) is 11.2 Å². The van der Waals surface area contributed by atoms with E-state index in [0.29, 0.717) is 5.75 Å². The van der Waals surface area contributed by atoms with E-state index in [1.165, 1.54) is 15.8 Å². The lowest BCUT2D eigenvalue weighted by molar-refractivity contribution is -0.129. The van der Waals surface area contributed by atoms with Crippen molar-refractivity contribution in [3.8, 4) is 16.2 Å². The zero-order valence-electron chi connectivity index (χ0n) is 12.5. The maximum absolute atomic E-state index is 11.6. The number of carbonyl (C=O) groups is 1. The van der Waals surface area contributed by atoms with Crippen molar-refractivity contribution in [3.05, 3.63) is 53.4 Å². The number of carbonyl (C=O) groups excluding carboxylic acids is 1. The molecule has 2 nitrogen and oxygen atoms in total. The van der Waals surface area contributed by atoms with Gasteiger partial charge in [-0.3, -0.25) is 0 Å². The number of aryl methyl sites for hydroxylation is 1. The molecule has 0 bridgehead atoms. The highest BCUT2D eigenvalue weighted by molar-refractivity contribution is 7.15. The van der Waals surface area contributed by atoms with E-state index in [-0.39, 0.29) is 5.97 Å². The molecule has 0 amide bonds. The van der Waals surface area contributed by atoms with Crippen molar-refractivity contribution in [3.63, 3.8) is 0 Å². The van der Waals surface area contributed by atoms with Gasteiger partial charge in [-0.05, 0) is 54.8 Å². The molecule has 110 valence electrons. The van der Waals surface area contributed by atoms with E-state index in [1.807, 2.05) is 30.3 Å². The Balaban J connectivity index is 2.00. The number of thiophene rings is 1. The van der Waals surface area contributed by atoms with Gasteiger partial charge in [0.25, 0.3) is 0 Å². The summed E-state index contributed by atoms with van der Waals surface area (Å²) in [4.78, 5) is 14.2. The van der Waals surface area contributed by atoms with Crippen molar-refractivity contribution in [2.75, 3.05) is 0 Å². The number of unbranched alkanes of at least 4 members (excludes halogenated alkanes) is 1. The lowest BCUT2D eigenvalue weighted by Gasteiger charge is -2.02. The number of benzene rings is 1. The number of hydrogen-bond acceptors (Lipinski definition) is 3. The van der Waals surface area contributed by atoms with E-state index in [0.717, 1.165) is 24.8 Å². The van der Waals surface area contributed by atoms with Crippen LogP contribution in [0, 0.1) is 0 Å². The SMILES string of the molecule is CCCC=CC(=O)Oc1ccc(-c2ccc(CC)s2)cc1. The summed E-state index contributed by atoms with van der Waals surface area (Å²) in [6, 6.07) is 12.0. The molecular weight excluding hydrogens is 280 g/mol. The van der Waals surface area contributed by atoms with E-state index in [4.69, 9.17) is 4.74 Å². The lowest BCUT2D eigenvalue weighted by atomic mass is 10.2. The first-order valence-corrected chi connectivity index (χ1v) is 8.12. The summed E-state index contributed by atoms with van der Waals surface area (Å²) in [7, 11) is 0. The molecule has 0 saturated heterocycles. The topological polar surface area (TPSA) is 26.3 Å². The molecule has 21 heavy (non-hydrogen) atoms. The monoisotopic (exact) mass is 300 g/mol. The molecule has 2 aromatic rings. The van der Waals surface area contributed by atoms with Gasteiger partial charge in [-0.15, -0.1) is 11.3 Å². The zero-order valence-corrected chi connectivity index (χ0v) is 13.3. The molecule has 0 unspecified atom stereocenters. The molecule has 0 N–H and O–H groups in total. The molecule has 0 aliphatic heterocycles.